The van der Waals surface area contributed by atoms with Crippen LogP contribution in [0.3, 0.4) is 0 Å². The summed E-state index contributed by atoms with van der Waals surface area (Å²) >= 11 is 17.2. The van der Waals surface area contributed by atoms with Crippen LogP contribution in [0.25, 0.3) is 0 Å². The second-order valence-corrected chi connectivity index (χ2v) is 6.24. The predicted molar refractivity (Wildman–Crippen MR) is 75.7 cm³/mol. The van der Waals surface area contributed by atoms with Gasteiger partial charge in [0.15, 0.2) is 0 Å². The molecule has 17 heavy (non-hydrogen) atoms. The Morgan fingerprint density at radius 1 is 1.35 bits per heavy atom. The van der Waals surface area contributed by atoms with Crippen LogP contribution in [0, 0.1) is 5.82 Å². The van der Waals surface area contributed by atoms with Gasteiger partial charge in [0, 0.05) is 19.9 Å². The monoisotopic (exact) mass is 352 g/mol. The summed E-state index contributed by atoms with van der Waals surface area (Å²) in [6, 6.07) is 6.59. The molecule has 0 aliphatic carbocycles. The molecule has 0 amide bonds. The molecule has 2 rings (SSSR count). The van der Waals surface area contributed by atoms with Crippen molar-refractivity contribution in [3.63, 3.8) is 0 Å². The van der Waals surface area contributed by atoms with Crippen molar-refractivity contribution in [1.29, 1.82) is 0 Å². The summed E-state index contributed by atoms with van der Waals surface area (Å²) in [5, 5.41) is 2.08. The summed E-state index contributed by atoms with van der Waals surface area (Å²) in [5.74, 6) is -0.309. The van der Waals surface area contributed by atoms with Crippen molar-refractivity contribution in [2.45, 2.75) is 11.8 Å². The van der Waals surface area contributed by atoms with Gasteiger partial charge in [0.05, 0.1) is 5.38 Å². The highest BCUT2D eigenvalue weighted by Gasteiger charge is 2.17. The van der Waals surface area contributed by atoms with Crippen molar-refractivity contribution in [3.8, 4) is 0 Å². The van der Waals surface area contributed by atoms with Gasteiger partial charge in [-0.1, -0.05) is 17.7 Å². The van der Waals surface area contributed by atoms with Gasteiger partial charge in [-0.25, -0.2) is 4.39 Å². The minimum atomic E-state index is -0.309. The van der Waals surface area contributed by atoms with Gasteiger partial charge >= 0.3 is 0 Å². The van der Waals surface area contributed by atoms with Gasteiger partial charge < -0.3 is 0 Å². The van der Waals surface area contributed by atoms with Crippen LogP contribution in [0.1, 0.15) is 15.8 Å². The van der Waals surface area contributed by atoms with Gasteiger partial charge in [-0.05, 0) is 45.9 Å². The van der Waals surface area contributed by atoms with E-state index in [0.29, 0.717) is 17.0 Å². The van der Waals surface area contributed by atoms with Gasteiger partial charge in [0.2, 0.25) is 0 Å². The van der Waals surface area contributed by atoms with Crippen LogP contribution in [-0.4, -0.2) is 0 Å². The van der Waals surface area contributed by atoms with E-state index in [9.17, 15) is 4.39 Å². The first kappa shape index (κ1) is 13.3. The number of alkyl halides is 1. The fourth-order valence-electron chi connectivity index (χ4n) is 1.53. The molecule has 2 aromatic rings. The second kappa shape index (κ2) is 5.70. The lowest BCUT2D eigenvalue weighted by molar-refractivity contribution is 0.608. The van der Waals surface area contributed by atoms with E-state index in [2.05, 4.69) is 15.9 Å². The van der Waals surface area contributed by atoms with Crippen LogP contribution in [-0.2, 0) is 6.42 Å². The number of rotatable bonds is 3. The molecular formula is C12H8BrCl2FS. The third kappa shape index (κ3) is 3.02. The zero-order valence-electron chi connectivity index (χ0n) is 8.59. The Labute approximate surface area is 121 Å². The van der Waals surface area contributed by atoms with Crippen LogP contribution in [0.15, 0.2) is 34.1 Å². The van der Waals surface area contributed by atoms with E-state index in [1.54, 1.807) is 23.5 Å². The van der Waals surface area contributed by atoms with E-state index in [-0.39, 0.29) is 11.2 Å². The average Bonchev–Trinajstić information content (AvgIpc) is 2.70. The molecule has 0 N–H and O–H groups in total. The van der Waals surface area contributed by atoms with Crippen molar-refractivity contribution < 1.29 is 4.39 Å². The zero-order chi connectivity index (χ0) is 12.4. The Morgan fingerprint density at radius 3 is 2.71 bits per heavy atom. The van der Waals surface area contributed by atoms with Crippen molar-refractivity contribution >= 4 is 50.5 Å². The first-order valence-corrected chi connectivity index (χ1v) is 7.38. The molecule has 5 heteroatoms. The van der Waals surface area contributed by atoms with E-state index >= 15 is 0 Å². The molecule has 1 unspecified atom stereocenters. The van der Waals surface area contributed by atoms with Gasteiger partial charge in [-0.2, -0.15) is 0 Å². The van der Waals surface area contributed by atoms with E-state index in [1.807, 2.05) is 11.4 Å². The Bertz CT molecular complexity index is 507. The molecule has 0 fully saturated rings. The molecule has 90 valence electrons. The maximum absolute atomic E-state index is 13.6. The summed E-state index contributed by atoms with van der Waals surface area (Å²) < 4.78 is 14.6. The topological polar surface area (TPSA) is 0 Å². The molecule has 0 saturated carbocycles. The Kier molecular flexibility index (Phi) is 4.47. The van der Waals surface area contributed by atoms with Crippen LogP contribution < -0.4 is 0 Å². The zero-order valence-corrected chi connectivity index (χ0v) is 12.5. The third-order valence-corrected chi connectivity index (χ3v) is 5.21. The summed E-state index contributed by atoms with van der Waals surface area (Å²) in [6.07, 6.45) is 0.381. The molecule has 0 nitrogen and oxygen atoms in total. The molecule has 0 bridgehead atoms. The summed E-state index contributed by atoms with van der Waals surface area (Å²) in [7, 11) is 0. The molecular weight excluding hydrogens is 346 g/mol. The number of thiophene rings is 1. The maximum Gasteiger partial charge on any atom is 0.127 e. The number of hydrogen-bond acceptors (Lipinski definition) is 1. The van der Waals surface area contributed by atoms with Gasteiger partial charge in [0.1, 0.15) is 5.82 Å². The highest BCUT2D eigenvalue weighted by molar-refractivity contribution is 9.10. The van der Waals surface area contributed by atoms with Crippen molar-refractivity contribution in [2.24, 2.45) is 0 Å². The SMILES string of the molecule is Fc1cccc(Cl)c1CC(Cl)c1sccc1Br. The lowest BCUT2D eigenvalue weighted by atomic mass is 10.1. The average molecular weight is 354 g/mol. The van der Waals surface area contributed by atoms with Gasteiger partial charge in [-0.3, -0.25) is 0 Å². The normalized spacial score (nSPS) is 12.7. The first-order valence-electron chi connectivity index (χ1n) is 4.89. The van der Waals surface area contributed by atoms with Gasteiger partial charge in [-0.15, -0.1) is 22.9 Å². The summed E-state index contributed by atoms with van der Waals surface area (Å²) in [4.78, 5) is 0.992. The van der Waals surface area contributed by atoms with Gasteiger partial charge in [0.25, 0.3) is 0 Å². The smallest absolute Gasteiger partial charge is 0.127 e. The van der Waals surface area contributed by atoms with Crippen molar-refractivity contribution in [1.82, 2.24) is 0 Å². The van der Waals surface area contributed by atoms with Crippen LogP contribution in [0.4, 0.5) is 4.39 Å². The number of halogens is 4. The fourth-order valence-corrected chi connectivity index (χ4v) is 3.95. The fraction of sp³-hybridized carbons (Fsp3) is 0.167. The maximum atomic E-state index is 13.6. The Balaban J connectivity index is 2.25. The molecule has 1 aromatic heterocycles. The molecule has 1 heterocycles. The molecule has 0 aliphatic heterocycles. The lowest BCUT2D eigenvalue weighted by Crippen LogP contribution is -1.98. The number of hydrogen-bond donors (Lipinski definition) is 0. The van der Waals surface area contributed by atoms with E-state index < -0.39 is 0 Å². The second-order valence-electron chi connectivity index (χ2n) is 3.50. The lowest BCUT2D eigenvalue weighted by Gasteiger charge is -2.10. The largest absolute Gasteiger partial charge is 0.207 e. The third-order valence-electron chi connectivity index (χ3n) is 2.37. The minimum Gasteiger partial charge on any atom is -0.207 e. The number of benzene rings is 1. The highest BCUT2D eigenvalue weighted by atomic mass is 79.9. The van der Waals surface area contributed by atoms with Crippen LogP contribution >= 0.6 is 50.5 Å². The highest BCUT2D eigenvalue weighted by Crippen LogP contribution is 2.36. The van der Waals surface area contributed by atoms with E-state index in [0.717, 1.165) is 9.35 Å². The quantitative estimate of drug-likeness (QED) is 0.609. The molecule has 0 saturated heterocycles. The molecule has 0 aliphatic rings. The summed E-state index contributed by atoms with van der Waals surface area (Å²) in [5.41, 5.74) is 0.467. The predicted octanol–water partition coefficient (Wildman–Crippen LogP) is 5.83. The Hall–Kier alpha value is -0.0900. The minimum absolute atomic E-state index is 0.279. The first-order chi connectivity index (χ1) is 8.09. The van der Waals surface area contributed by atoms with E-state index in [1.165, 1.54) is 6.07 Å². The van der Waals surface area contributed by atoms with Crippen molar-refractivity contribution in [3.05, 3.63) is 55.4 Å². The molecule has 1 atom stereocenters. The molecule has 0 spiro atoms. The standard InChI is InChI=1S/C12H8BrCl2FS/c13-8-4-5-17-12(8)10(15)6-7-9(14)2-1-3-11(7)16/h1-5,10H,6H2. The van der Waals surface area contributed by atoms with Crippen molar-refractivity contribution in [2.75, 3.05) is 0 Å². The Morgan fingerprint density at radius 2 is 2.12 bits per heavy atom. The van der Waals surface area contributed by atoms with Crippen LogP contribution in [0.2, 0.25) is 5.02 Å². The van der Waals surface area contributed by atoms with Crippen LogP contribution in [0.5, 0.6) is 0 Å². The summed E-state index contributed by atoms with van der Waals surface area (Å²) in [6.45, 7) is 0. The molecule has 0 radical (unpaired) electrons. The molecule has 1 aromatic carbocycles. The van der Waals surface area contributed by atoms with E-state index in [4.69, 9.17) is 23.2 Å².